The van der Waals surface area contributed by atoms with Crippen molar-refractivity contribution in [2.24, 2.45) is 0 Å². The predicted molar refractivity (Wildman–Crippen MR) is 96.6 cm³/mol. The van der Waals surface area contributed by atoms with Crippen molar-refractivity contribution < 1.29 is 9.21 Å². The number of rotatable bonds is 6. The van der Waals surface area contributed by atoms with E-state index in [1.807, 2.05) is 23.7 Å². The number of hydrogen-bond acceptors (Lipinski definition) is 4. The minimum absolute atomic E-state index is 0.00610. The first-order chi connectivity index (χ1) is 12.0. The first kappa shape index (κ1) is 17.7. The maximum absolute atomic E-state index is 12.5. The highest BCUT2D eigenvalue weighted by atomic mass is 16.3. The molecule has 0 saturated carbocycles. The summed E-state index contributed by atoms with van der Waals surface area (Å²) in [5, 5.41) is 8.21. The predicted octanol–water partition coefficient (Wildman–Crippen LogP) is 2.54. The van der Waals surface area contributed by atoms with E-state index in [0.717, 1.165) is 49.3 Å². The van der Waals surface area contributed by atoms with Gasteiger partial charge in [-0.3, -0.25) is 9.48 Å². The third-order valence-electron chi connectivity index (χ3n) is 4.75. The Morgan fingerprint density at radius 2 is 2.24 bits per heavy atom. The molecule has 6 nitrogen and oxygen atoms in total. The van der Waals surface area contributed by atoms with Crippen molar-refractivity contribution in [2.45, 2.75) is 58.7 Å². The molecule has 0 saturated heterocycles. The van der Waals surface area contributed by atoms with Crippen LogP contribution in [0.2, 0.25) is 0 Å². The van der Waals surface area contributed by atoms with E-state index in [1.54, 1.807) is 19.0 Å². The number of furan rings is 1. The Balaban J connectivity index is 1.77. The van der Waals surface area contributed by atoms with Crippen LogP contribution in [0.3, 0.4) is 0 Å². The molecule has 1 amide bonds. The van der Waals surface area contributed by atoms with Gasteiger partial charge in [0.1, 0.15) is 11.5 Å². The molecule has 0 radical (unpaired) electrons. The Hall–Kier alpha value is -2.08. The Bertz CT molecular complexity index is 745. The van der Waals surface area contributed by atoms with Crippen molar-refractivity contribution in [1.82, 2.24) is 20.0 Å². The second-order valence-electron chi connectivity index (χ2n) is 7.03. The van der Waals surface area contributed by atoms with Gasteiger partial charge in [0.15, 0.2) is 5.69 Å². The average molecular weight is 344 g/mol. The van der Waals surface area contributed by atoms with Crippen molar-refractivity contribution >= 4 is 5.91 Å². The number of aryl methyl sites for hydroxylation is 2. The van der Waals surface area contributed by atoms with Gasteiger partial charge in [0.25, 0.3) is 5.91 Å². The molecule has 0 unspecified atom stereocenters. The molecule has 2 heterocycles. The Morgan fingerprint density at radius 3 is 2.88 bits per heavy atom. The Labute approximate surface area is 149 Å². The molecule has 1 aliphatic rings. The molecule has 2 aromatic heterocycles. The van der Waals surface area contributed by atoms with Crippen LogP contribution in [-0.2, 0) is 25.9 Å². The summed E-state index contributed by atoms with van der Waals surface area (Å²) in [4.78, 5) is 14.2. The van der Waals surface area contributed by atoms with Gasteiger partial charge in [0.05, 0.1) is 6.54 Å². The minimum atomic E-state index is -0.00610. The molecule has 0 aromatic carbocycles. The third kappa shape index (κ3) is 3.79. The van der Waals surface area contributed by atoms with Crippen molar-refractivity contribution in [3.63, 3.8) is 0 Å². The lowest BCUT2D eigenvalue weighted by atomic mass is 9.91. The highest BCUT2D eigenvalue weighted by Crippen LogP contribution is 2.26. The van der Waals surface area contributed by atoms with Gasteiger partial charge in [-0.25, -0.2) is 0 Å². The zero-order chi connectivity index (χ0) is 18.0. The van der Waals surface area contributed by atoms with E-state index in [0.29, 0.717) is 18.3 Å². The number of amides is 1. The SMILES string of the molecule is CCCn1nc(C(=O)N(C)C)c2c1CC[C@@H](NCc1ccc(C)o1)C2. The van der Waals surface area contributed by atoms with Gasteiger partial charge in [-0.2, -0.15) is 5.10 Å². The molecule has 2 aromatic rings. The minimum Gasteiger partial charge on any atom is -0.465 e. The number of hydrogen-bond donors (Lipinski definition) is 1. The smallest absolute Gasteiger partial charge is 0.274 e. The summed E-state index contributed by atoms with van der Waals surface area (Å²) in [5.74, 6) is 1.88. The molecule has 3 rings (SSSR count). The van der Waals surface area contributed by atoms with Gasteiger partial charge in [-0.05, 0) is 44.7 Å². The molecular formula is C19H28N4O2. The molecule has 6 heteroatoms. The van der Waals surface area contributed by atoms with Crippen molar-refractivity contribution in [3.05, 3.63) is 40.6 Å². The van der Waals surface area contributed by atoms with Crippen LogP contribution in [0.25, 0.3) is 0 Å². The van der Waals surface area contributed by atoms with Crippen LogP contribution in [-0.4, -0.2) is 40.7 Å². The fraction of sp³-hybridized carbons (Fsp3) is 0.579. The first-order valence-corrected chi connectivity index (χ1v) is 9.08. The molecule has 0 fully saturated rings. The standard InChI is InChI=1S/C19H28N4O2/c1-5-10-23-17-9-7-14(20-12-15-8-6-13(2)25-15)11-16(17)18(21-23)19(24)22(3)4/h6,8,14,20H,5,7,9-12H2,1-4H3/t14-/m1/s1. The molecule has 1 aliphatic carbocycles. The van der Waals surface area contributed by atoms with E-state index in [1.165, 1.54) is 5.69 Å². The van der Waals surface area contributed by atoms with Crippen LogP contribution in [0.4, 0.5) is 0 Å². The molecule has 0 spiro atoms. The third-order valence-corrected chi connectivity index (χ3v) is 4.75. The van der Waals surface area contributed by atoms with Crippen LogP contribution in [0.5, 0.6) is 0 Å². The lowest BCUT2D eigenvalue weighted by Gasteiger charge is -2.24. The van der Waals surface area contributed by atoms with Crippen molar-refractivity contribution in [1.29, 1.82) is 0 Å². The normalized spacial score (nSPS) is 16.7. The average Bonchev–Trinajstić information content (AvgIpc) is 3.16. The van der Waals surface area contributed by atoms with E-state index in [9.17, 15) is 4.79 Å². The summed E-state index contributed by atoms with van der Waals surface area (Å²) < 4.78 is 7.67. The van der Waals surface area contributed by atoms with Crippen molar-refractivity contribution in [3.8, 4) is 0 Å². The molecule has 0 bridgehead atoms. The second kappa shape index (κ2) is 7.44. The fourth-order valence-electron chi connectivity index (χ4n) is 3.47. The quantitative estimate of drug-likeness (QED) is 0.875. The van der Waals surface area contributed by atoms with E-state index in [4.69, 9.17) is 4.42 Å². The number of aromatic nitrogens is 2. The summed E-state index contributed by atoms with van der Waals surface area (Å²) >= 11 is 0. The van der Waals surface area contributed by atoms with Crippen LogP contribution in [0, 0.1) is 6.92 Å². The summed E-state index contributed by atoms with van der Waals surface area (Å²) in [5.41, 5.74) is 2.97. The number of nitrogens with zero attached hydrogens (tertiary/aromatic N) is 3. The van der Waals surface area contributed by atoms with E-state index >= 15 is 0 Å². The van der Waals surface area contributed by atoms with Crippen LogP contribution in [0.15, 0.2) is 16.5 Å². The summed E-state index contributed by atoms with van der Waals surface area (Å²) in [6.07, 6.45) is 3.87. The van der Waals surface area contributed by atoms with Gasteiger partial charge in [0.2, 0.25) is 0 Å². The van der Waals surface area contributed by atoms with Crippen molar-refractivity contribution in [2.75, 3.05) is 14.1 Å². The van der Waals surface area contributed by atoms with E-state index in [2.05, 4.69) is 17.3 Å². The maximum atomic E-state index is 12.5. The Kier molecular flexibility index (Phi) is 5.27. The van der Waals surface area contributed by atoms with Gasteiger partial charge >= 0.3 is 0 Å². The highest BCUT2D eigenvalue weighted by Gasteiger charge is 2.29. The largest absolute Gasteiger partial charge is 0.465 e. The van der Waals surface area contributed by atoms with E-state index in [-0.39, 0.29) is 5.91 Å². The molecule has 0 aliphatic heterocycles. The zero-order valence-corrected chi connectivity index (χ0v) is 15.6. The van der Waals surface area contributed by atoms with Gasteiger partial charge in [0, 0.05) is 37.9 Å². The van der Waals surface area contributed by atoms with Gasteiger partial charge < -0.3 is 14.6 Å². The van der Waals surface area contributed by atoms with Crippen LogP contribution >= 0.6 is 0 Å². The van der Waals surface area contributed by atoms with E-state index < -0.39 is 0 Å². The Morgan fingerprint density at radius 1 is 1.44 bits per heavy atom. The summed E-state index contributed by atoms with van der Waals surface area (Å²) in [6.45, 7) is 5.68. The number of carbonyl (C=O) groups excluding carboxylic acids is 1. The topological polar surface area (TPSA) is 63.3 Å². The monoisotopic (exact) mass is 344 g/mol. The number of nitrogens with one attached hydrogen (secondary N) is 1. The molecular weight excluding hydrogens is 316 g/mol. The molecule has 25 heavy (non-hydrogen) atoms. The first-order valence-electron chi connectivity index (χ1n) is 9.08. The van der Waals surface area contributed by atoms with Crippen LogP contribution < -0.4 is 5.32 Å². The lowest BCUT2D eigenvalue weighted by Crippen LogP contribution is -2.35. The fourth-order valence-corrected chi connectivity index (χ4v) is 3.47. The molecule has 1 N–H and O–H groups in total. The summed E-state index contributed by atoms with van der Waals surface area (Å²) in [7, 11) is 3.57. The zero-order valence-electron chi connectivity index (χ0n) is 15.6. The van der Waals surface area contributed by atoms with Crippen LogP contribution in [0.1, 0.15) is 53.0 Å². The second-order valence-corrected chi connectivity index (χ2v) is 7.03. The lowest BCUT2D eigenvalue weighted by molar-refractivity contribution is 0.0819. The number of fused-ring (bicyclic) bond motifs is 1. The molecule has 1 atom stereocenters. The van der Waals surface area contributed by atoms with Gasteiger partial charge in [-0.15, -0.1) is 0 Å². The van der Waals surface area contributed by atoms with Gasteiger partial charge in [-0.1, -0.05) is 6.92 Å². The highest BCUT2D eigenvalue weighted by molar-refractivity contribution is 5.93. The maximum Gasteiger partial charge on any atom is 0.274 e. The number of carbonyl (C=O) groups is 1. The molecule has 136 valence electrons. The summed E-state index contributed by atoms with van der Waals surface area (Å²) in [6, 6.07) is 4.33.